The van der Waals surface area contributed by atoms with E-state index in [2.05, 4.69) is 24.3 Å². The molecule has 1 amide bonds. The van der Waals surface area contributed by atoms with Crippen molar-refractivity contribution in [2.24, 2.45) is 0 Å². The molecule has 0 fully saturated rings. The minimum atomic E-state index is 0.131. The van der Waals surface area contributed by atoms with Crippen molar-refractivity contribution in [3.05, 3.63) is 65.2 Å². The Bertz CT molecular complexity index is 681. The quantitative estimate of drug-likeness (QED) is 0.865. The second-order valence-corrected chi connectivity index (χ2v) is 5.75. The molecule has 22 heavy (non-hydrogen) atoms. The summed E-state index contributed by atoms with van der Waals surface area (Å²) in [5.74, 6) is 0.905. The van der Waals surface area contributed by atoms with Gasteiger partial charge in [-0.05, 0) is 30.0 Å². The van der Waals surface area contributed by atoms with E-state index in [1.54, 1.807) is 7.11 Å². The summed E-state index contributed by atoms with van der Waals surface area (Å²) in [5, 5.41) is 0. The molecule has 1 atom stereocenters. The van der Waals surface area contributed by atoms with Crippen molar-refractivity contribution < 1.29 is 9.53 Å². The molecule has 0 saturated carbocycles. The molecule has 3 rings (SSSR count). The SMILES string of the molecule is COc1ccccc1CC(=O)N(C)[C@H]1CCc2ccccc21. The van der Waals surface area contributed by atoms with Crippen LogP contribution < -0.4 is 4.74 Å². The molecule has 0 saturated heterocycles. The summed E-state index contributed by atoms with van der Waals surface area (Å²) in [7, 11) is 3.55. The maximum absolute atomic E-state index is 12.6. The van der Waals surface area contributed by atoms with Gasteiger partial charge < -0.3 is 9.64 Å². The van der Waals surface area contributed by atoms with Gasteiger partial charge in [-0.3, -0.25) is 4.79 Å². The van der Waals surface area contributed by atoms with Crippen LogP contribution in [0.1, 0.15) is 29.2 Å². The van der Waals surface area contributed by atoms with Crippen molar-refractivity contribution in [2.45, 2.75) is 25.3 Å². The number of carbonyl (C=O) groups is 1. The molecule has 0 spiro atoms. The molecule has 0 heterocycles. The maximum Gasteiger partial charge on any atom is 0.227 e. The first-order chi connectivity index (χ1) is 10.7. The third-order valence-electron chi connectivity index (χ3n) is 4.50. The first-order valence-corrected chi connectivity index (χ1v) is 7.66. The highest BCUT2D eigenvalue weighted by Crippen LogP contribution is 2.35. The van der Waals surface area contributed by atoms with Crippen LogP contribution in [-0.4, -0.2) is 25.0 Å². The number of amides is 1. The Labute approximate surface area is 131 Å². The maximum atomic E-state index is 12.6. The lowest BCUT2D eigenvalue weighted by Gasteiger charge is -2.26. The first kappa shape index (κ1) is 14.6. The Morgan fingerprint density at radius 1 is 1.18 bits per heavy atom. The molecule has 0 unspecified atom stereocenters. The fraction of sp³-hybridized carbons (Fsp3) is 0.316. The van der Waals surface area contributed by atoms with Gasteiger partial charge in [0.05, 0.1) is 19.6 Å². The Morgan fingerprint density at radius 3 is 2.73 bits per heavy atom. The van der Waals surface area contributed by atoms with Crippen molar-refractivity contribution in [2.75, 3.05) is 14.2 Å². The van der Waals surface area contributed by atoms with E-state index in [0.29, 0.717) is 6.42 Å². The zero-order chi connectivity index (χ0) is 15.5. The third kappa shape index (κ3) is 2.71. The number of methoxy groups -OCH3 is 1. The van der Waals surface area contributed by atoms with Gasteiger partial charge in [0, 0.05) is 12.6 Å². The van der Waals surface area contributed by atoms with E-state index >= 15 is 0 Å². The monoisotopic (exact) mass is 295 g/mol. The van der Waals surface area contributed by atoms with Crippen LogP contribution in [0.4, 0.5) is 0 Å². The van der Waals surface area contributed by atoms with Crippen LogP contribution in [-0.2, 0) is 17.6 Å². The molecule has 0 bridgehead atoms. The first-order valence-electron chi connectivity index (χ1n) is 7.66. The van der Waals surface area contributed by atoms with Gasteiger partial charge in [-0.25, -0.2) is 0 Å². The summed E-state index contributed by atoms with van der Waals surface area (Å²) in [6, 6.07) is 16.3. The predicted molar refractivity (Wildman–Crippen MR) is 87.0 cm³/mol. The van der Waals surface area contributed by atoms with E-state index in [0.717, 1.165) is 24.2 Å². The zero-order valence-electron chi connectivity index (χ0n) is 13.1. The molecular weight excluding hydrogens is 274 g/mol. The van der Waals surface area contributed by atoms with Crippen molar-refractivity contribution in [3.63, 3.8) is 0 Å². The largest absolute Gasteiger partial charge is 0.496 e. The van der Waals surface area contributed by atoms with Gasteiger partial charge in [-0.1, -0.05) is 42.5 Å². The molecule has 2 aromatic carbocycles. The minimum Gasteiger partial charge on any atom is -0.496 e. The fourth-order valence-corrected chi connectivity index (χ4v) is 3.25. The summed E-state index contributed by atoms with van der Waals surface area (Å²) in [5.41, 5.74) is 3.59. The Morgan fingerprint density at radius 2 is 1.91 bits per heavy atom. The molecule has 3 nitrogen and oxygen atoms in total. The van der Waals surface area contributed by atoms with Crippen molar-refractivity contribution in [1.82, 2.24) is 4.90 Å². The van der Waals surface area contributed by atoms with E-state index in [1.807, 2.05) is 36.2 Å². The van der Waals surface area contributed by atoms with E-state index in [9.17, 15) is 4.79 Å². The molecule has 3 heteroatoms. The van der Waals surface area contributed by atoms with Crippen LogP contribution in [0.25, 0.3) is 0 Å². The van der Waals surface area contributed by atoms with Gasteiger partial charge >= 0.3 is 0 Å². The molecule has 0 aliphatic heterocycles. The Kier molecular flexibility index (Phi) is 4.14. The third-order valence-corrected chi connectivity index (χ3v) is 4.50. The molecule has 0 aromatic heterocycles. The summed E-state index contributed by atoms with van der Waals surface area (Å²) in [6.07, 6.45) is 2.43. The summed E-state index contributed by atoms with van der Waals surface area (Å²) >= 11 is 0. The van der Waals surface area contributed by atoms with Gasteiger partial charge in [-0.2, -0.15) is 0 Å². The molecular formula is C19H21NO2. The highest BCUT2D eigenvalue weighted by molar-refractivity contribution is 5.80. The van der Waals surface area contributed by atoms with Crippen molar-refractivity contribution in [1.29, 1.82) is 0 Å². The number of benzene rings is 2. The van der Waals surface area contributed by atoms with Gasteiger partial charge in [0.1, 0.15) is 5.75 Å². The second kappa shape index (κ2) is 6.22. The molecule has 1 aliphatic carbocycles. The lowest BCUT2D eigenvalue weighted by atomic mass is 10.1. The van der Waals surface area contributed by atoms with Crippen LogP contribution in [0.3, 0.4) is 0 Å². The standard InChI is InChI=1S/C19H21NO2/c1-20(17-12-11-14-7-3-5-9-16(14)17)19(21)13-15-8-4-6-10-18(15)22-2/h3-10,17H,11-13H2,1-2H3/t17-/m0/s1. The highest BCUT2D eigenvalue weighted by atomic mass is 16.5. The van der Waals surface area contributed by atoms with Crippen molar-refractivity contribution >= 4 is 5.91 Å². The van der Waals surface area contributed by atoms with Crippen LogP contribution >= 0.6 is 0 Å². The smallest absolute Gasteiger partial charge is 0.227 e. The number of carbonyl (C=O) groups excluding carboxylic acids is 1. The van der Waals surface area contributed by atoms with Crippen molar-refractivity contribution in [3.8, 4) is 5.75 Å². The molecule has 0 radical (unpaired) electrons. The summed E-state index contributed by atoms with van der Waals surface area (Å²) < 4.78 is 5.34. The number of hydrogen-bond acceptors (Lipinski definition) is 2. The average Bonchev–Trinajstić information content (AvgIpc) is 2.98. The molecule has 2 aromatic rings. The molecule has 1 aliphatic rings. The number of hydrogen-bond donors (Lipinski definition) is 0. The molecule has 0 N–H and O–H groups in total. The topological polar surface area (TPSA) is 29.5 Å². The molecule has 114 valence electrons. The lowest BCUT2D eigenvalue weighted by Crippen LogP contribution is -2.31. The van der Waals surface area contributed by atoms with E-state index in [-0.39, 0.29) is 11.9 Å². The number of rotatable bonds is 4. The average molecular weight is 295 g/mol. The highest BCUT2D eigenvalue weighted by Gasteiger charge is 2.28. The van der Waals surface area contributed by atoms with E-state index < -0.39 is 0 Å². The summed E-state index contributed by atoms with van der Waals surface area (Å²) in [6.45, 7) is 0. The number of para-hydroxylation sites is 1. The summed E-state index contributed by atoms with van der Waals surface area (Å²) in [4.78, 5) is 14.5. The Hall–Kier alpha value is -2.29. The fourth-order valence-electron chi connectivity index (χ4n) is 3.25. The minimum absolute atomic E-state index is 0.131. The second-order valence-electron chi connectivity index (χ2n) is 5.75. The number of likely N-dealkylation sites (N-methyl/N-ethyl adjacent to an activating group) is 1. The van der Waals surface area contributed by atoms with Crippen LogP contribution in [0.5, 0.6) is 5.75 Å². The van der Waals surface area contributed by atoms with Gasteiger partial charge in [0.2, 0.25) is 5.91 Å². The number of ether oxygens (including phenoxy) is 1. The van der Waals surface area contributed by atoms with Crippen LogP contribution in [0, 0.1) is 0 Å². The predicted octanol–water partition coefficient (Wildman–Crippen LogP) is 3.38. The zero-order valence-corrected chi connectivity index (χ0v) is 13.1. The van der Waals surface area contributed by atoms with E-state index in [4.69, 9.17) is 4.74 Å². The number of fused-ring (bicyclic) bond motifs is 1. The van der Waals surface area contributed by atoms with Gasteiger partial charge in [0.25, 0.3) is 0 Å². The van der Waals surface area contributed by atoms with Crippen LogP contribution in [0.15, 0.2) is 48.5 Å². The lowest BCUT2D eigenvalue weighted by molar-refractivity contribution is -0.131. The number of nitrogens with zero attached hydrogens (tertiary/aromatic N) is 1. The van der Waals surface area contributed by atoms with E-state index in [1.165, 1.54) is 11.1 Å². The number of aryl methyl sites for hydroxylation is 1. The van der Waals surface area contributed by atoms with Gasteiger partial charge in [0.15, 0.2) is 0 Å². The Balaban J connectivity index is 1.76. The van der Waals surface area contributed by atoms with Gasteiger partial charge in [-0.15, -0.1) is 0 Å². The van der Waals surface area contributed by atoms with Crippen LogP contribution in [0.2, 0.25) is 0 Å². The normalized spacial score (nSPS) is 16.2.